The van der Waals surface area contributed by atoms with Crippen molar-refractivity contribution in [3.05, 3.63) is 59.9 Å². The number of ether oxygens (including phenoxy) is 2. The van der Waals surface area contributed by atoms with Crippen LogP contribution in [0.5, 0.6) is 5.75 Å². The van der Waals surface area contributed by atoms with Crippen molar-refractivity contribution in [1.29, 1.82) is 0 Å². The Morgan fingerprint density at radius 3 is 2.60 bits per heavy atom. The third-order valence-corrected chi connectivity index (χ3v) is 4.69. The zero-order valence-corrected chi connectivity index (χ0v) is 16.6. The smallest absolute Gasteiger partial charge is 0.246 e. The van der Waals surface area contributed by atoms with Gasteiger partial charge in [0.15, 0.2) is 0 Å². The third kappa shape index (κ3) is 5.31. The fourth-order valence-corrected chi connectivity index (χ4v) is 3.27. The van der Waals surface area contributed by atoms with Crippen LogP contribution >= 0.6 is 0 Å². The van der Waals surface area contributed by atoms with Gasteiger partial charge >= 0.3 is 0 Å². The van der Waals surface area contributed by atoms with Crippen molar-refractivity contribution >= 4 is 11.6 Å². The van der Waals surface area contributed by atoms with Gasteiger partial charge in [0.25, 0.3) is 0 Å². The summed E-state index contributed by atoms with van der Waals surface area (Å²) in [7, 11) is 0. The molecule has 7 nitrogen and oxygen atoms in total. The molecular weight excluding hydrogens is 392 g/mol. The maximum Gasteiger partial charge on any atom is 0.246 e. The first-order valence-corrected chi connectivity index (χ1v) is 9.75. The van der Waals surface area contributed by atoms with Gasteiger partial charge in [0.1, 0.15) is 30.3 Å². The molecule has 0 radical (unpaired) electrons. The monoisotopic (exact) mass is 415 g/mol. The predicted molar refractivity (Wildman–Crippen MR) is 108 cm³/mol. The number of morpholine rings is 1. The van der Waals surface area contributed by atoms with E-state index in [0.717, 1.165) is 55.9 Å². The molecule has 1 fully saturated rings. The summed E-state index contributed by atoms with van der Waals surface area (Å²) in [6.07, 6.45) is 1.39. The fraction of sp³-hybridized carbons (Fsp3) is 0.333. The van der Waals surface area contributed by atoms with Crippen molar-refractivity contribution < 1.29 is 18.3 Å². The number of halogens is 2. The zero-order valence-electron chi connectivity index (χ0n) is 16.6. The molecule has 158 valence electrons. The summed E-state index contributed by atoms with van der Waals surface area (Å²) in [4.78, 5) is 6.48. The number of hydrogen-bond acceptors (Lipinski definition) is 6. The van der Waals surface area contributed by atoms with Crippen molar-refractivity contribution in [3.63, 3.8) is 0 Å². The van der Waals surface area contributed by atoms with Crippen molar-refractivity contribution in [1.82, 2.24) is 19.7 Å². The van der Waals surface area contributed by atoms with Gasteiger partial charge in [-0.05, 0) is 36.8 Å². The Morgan fingerprint density at radius 1 is 1.07 bits per heavy atom. The minimum atomic E-state index is -0.674. The standard InChI is InChI=1S/C21H23F2N5O2/c1-15-8-18(13-20(9-15)30-7-4-27-2-5-29-6-3-27)25-21-24-14-28(26-21)19-11-16(22)10-17(23)12-19/h8-14H,2-7H2,1H3,(H,25,26). The van der Waals surface area contributed by atoms with Crippen LogP contribution in [-0.4, -0.2) is 59.1 Å². The molecule has 0 spiro atoms. The fourth-order valence-electron chi connectivity index (χ4n) is 3.27. The highest BCUT2D eigenvalue weighted by molar-refractivity contribution is 5.57. The lowest BCUT2D eigenvalue weighted by atomic mass is 10.2. The van der Waals surface area contributed by atoms with Gasteiger partial charge in [-0.1, -0.05) is 0 Å². The topological polar surface area (TPSA) is 64.4 Å². The number of hydrogen-bond donors (Lipinski definition) is 1. The summed E-state index contributed by atoms with van der Waals surface area (Å²) in [5, 5.41) is 7.35. The summed E-state index contributed by atoms with van der Waals surface area (Å²) in [5.74, 6) is -0.290. The number of aryl methyl sites for hydroxylation is 1. The quantitative estimate of drug-likeness (QED) is 0.639. The first-order valence-electron chi connectivity index (χ1n) is 9.75. The van der Waals surface area contributed by atoms with E-state index in [1.807, 2.05) is 25.1 Å². The molecule has 1 aliphatic rings. The Bertz CT molecular complexity index is 985. The van der Waals surface area contributed by atoms with E-state index in [9.17, 15) is 8.78 Å². The lowest BCUT2D eigenvalue weighted by Gasteiger charge is -2.26. The summed E-state index contributed by atoms with van der Waals surface area (Å²) >= 11 is 0. The van der Waals surface area contributed by atoms with E-state index in [2.05, 4.69) is 20.3 Å². The summed E-state index contributed by atoms with van der Waals surface area (Å²) in [5.41, 5.74) is 2.04. The molecule has 2 aromatic carbocycles. The molecule has 0 unspecified atom stereocenters. The Hall–Kier alpha value is -3.04. The largest absolute Gasteiger partial charge is 0.492 e. The average molecular weight is 415 g/mol. The van der Waals surface area contributed by atoms with Crippen LogP contribution in [0.4, 0.5) is 20.4 Å². The molecule has 30 heavy (non-hydrogen) atoms. The van der Waals surface area contributed by atoms with Gasteiger partial charge in [0, 0.05) is 37.5 Å². The normalized spacial score (nSPS) is 14.6. The number of anilines is 2. The van der Waals surface area contributed by atoms with Crippen LogP contribution < -0.4 is 10.1 Å². The molecule has 1 saturated heterocycles. The minimum absolute atomic E-state index is 0.254. The van der Waals surface area contributed by atoms with Gasteiger partial charge < -0.3 is 14.8 Å². The highest BCUT2D eigenvalue weighted by atomic mass is 19.1. The molecule has 0 amide bonds. The van der Waals surface area contributed by atoms with Crippen LogP contribution in [0.1, 0.15) is 5.56 Å². The Balaban J connectivity index is 1.40. The number of aromatic nitrogens is 3. The van der Waals surface area contributed by atoms with Crippen LogP contribution in [0.25, 0.3) is 5.69 Å². The van der Waals surface area contributed by atoms with E-state index >= 15 is 0 Å². The molecule has 4 rings (SSSR count). The number of benzene rings is 2. The van der Waals surface area contributed by atoms with Crippen LogP contribution in [0, 0.1) is 18.6 Å². The highest BCUT2D eigenvalue weighted by Gasteiger charge is 2.11. The lowest BCUT2D eigenvalue weighted by molar-refractivity contribution is 0.0322. The average Bonchev–Trinajstić information content (AvgIpc) is 3.16. The van der Waals surface area contributed by atoms with Gasteiger partial charge in [0.2, 0.25) is 5.95 Å². The van der Waals surface area contributed by atoms with Gasteiger partial charge in [-0.25, -0.2) is 13.5 Å². The van der Waals surface area contributed by atoms with Crippen LogP contribution in [0.15, 0.2) is 42.7 Å². The summed E-state index contributed by atoms with van der Waals surface area (Å²) < 4.78 is 39.5. The Labute approximate surface area is 173 Å². The zero-order chi connectivity index (χ0) is 20.9. The maximum absolute atomic E-state index is 13.4. The van der Waals surface area contributed by atoms with Crippen LogP contribution in [-0.2, 0) is 4.74 Å². The molecule has 0 bridgehead atoms. The lowest BCUT2D eigenvalue weighted by Crippen LogP contribution is -2.38. The molecule has 3 aromatic rings. The van der Waals surface area contributed by atoms with Crippen LogP contribution in [0.2, 0.25) is 0 Å². The second-order valence-corrected chi connectivity index (χ2v) is 7.10. The van der Waals surface area contributed by atoms with E-state index in [1.165, 1.54) is 23.1 Å². The van der Waals surface area contributed by atoms with Gasteiger partial charge in [-0.15, -0.1) is 5.10 Å². The Kier molecular flexibility index (Phi) is 6.20. The molecule has 1 aromatic heterocycles. The number of rotatable bonds is 7. The molecular formula is C21H23F2N5O2. The molecule has 1 aliphatic heterocycles. The van der Waals surface area contributed by atoms with Crippen molar-refractivity contribution in [3.8, 4) is 11.4 Å². The highest BCUT2D eigenvalue weighted by Crippen LogP contribution is 2.23. The van der Waals surface area contributed by atoms with E-state index in [1.54, 1.807) is 0 Å². The molecule has 1 N–H and O–H groups in total. The van der Waals surface area contributed by atoms with Gasteiger partial charge in [0.05, 0.1) is 18.9 Å². The first-order chi connectivity index (χ1) is 14.5. The summed E-state index contributed by atoms with van der Waals surface area (Å²) in [6.45, 7) is 6.78. The second kappa shape index (κ2) is 9.19. The van der Waals surface area contributed by atoms with Crippen LogP contribution in [0.3, 0.4) is 0 Å². The van der Waals surface area contributed by atoms with Crippen molar-refractivity contribution in [2.75, 3.05) is 44.8 Å². The number of nitrogens with one attached hydrogen (secondary N) is 1. The molecule has 0 aliphatic carbocycles. The first kappa shape index (κ1) is 20.2. The van der Waals surface area contributed by atoms with E-state index in [-0.39, 0.29) is 5.69 Å². The molecule has 0 saturated carbocycles. The minimum Gasteiger partial charge on any atom is -0.492 e. The van der Waals surface area contributed by atoms with Crippen molar-refractivity contribution in [2.45, 2.75) is 6.92 Å². The van der Waals surface area contributed by atoms with E-state index in [4.69, 9.17) is 9.47 Å². The molecule has 9 heteroatoms. The van der Waals surface area contributed by atoms with Crippen molar-refractivity contribution in [2.24, 2.45) is 0 Å². The van der Waals surface area contributed by atoms with Gasteiger partial charge in [-0.3, -0.25) is 4.90 Å². The predicted octanol–water partition coefficient (Wildman–Crippen LogP) is 3.31. The molecule has 2 heterocycles. The third-order valence-electron chi connectivity index (χ3n) is 4.69. The summed E-state index contributed by atoms with van der Waals surface area (Å²) in [6, 6.07) is 8.97. The van der Waals surface area contributed by atoms with Gasteiger partial charge in [-0.2, -0.15) is 4.98 Å². The number of nitrogens with zero attached hydrogens (tertiary/aromatic N) is 4. The molecule has 0 atom stereocenters. The van der Waals surface area contributed by atoms with E-state index < -0.39 is 11.6 Å². The maximum atomic E-state index is 13.4. The SMILES string of the molecule is Cc1cc(Nc2ncn(-c3cc(F)cc(F)c3)n2)cc(OCCN2CCOCC2)c1. The van der Waals surface area contributed by atoms with E-state index in [0.29, 0.717) is 12.6 Å². The second-order valence-electron chi connectivity index (χ2n) is 7.10. The Morgan fingerprint density at radius 2 is 1.83 bits per heavy atom.